The van der Waals surface area contributed by atoms with Gasteiger partial charge < -0.3 is 50.5 Å². The van der Waals surface area contributed by atoms with Gasteiger partial charge in [0.25, 0.3) is 0 Å². The zero-order valence-corrected chi connectivity index (χ0v) is 25.8. The second-order valence-electron chi connectivity index (χ2n) is 9.05. The van der Waals surface area contributed by atoms with E-state index in [1.807, 2.05) is 26.8 Å². The van der Waals surface area contributed by atoms with Gasteiger partial charge in [0.2, 0.25) is 11.8 Å². The molecule has 1 aromatic carbocycles. The van der Waals surface area contributed by atoms with Gasteiger partial charge in [-0.25, -0.2) is 4.79 Å². The van der Waals surface area contributed by atoms with Crippen LogP contribution in [-0.4, -0.2) is 108 Å². The molecule has 0 unspecified atom stereocenters. The van der Waals surface area contributed by atoms with Gasteiger partial charge in [-0.3, -0.25) is 9.59 Å². The lowest BCUT2D eigenvalue weighted by Crippen LogP contribution is -2.47. The fourth-order valence-electron chi connectivity index (χ4n) is 3.68. The maximum Gasteiger partial charge on any atom is 0.405 e. The molecule has 0 saturated carbocycles. The van der Waals surface area contributed by atoms with Crippen LogP contribution >= 0.6 is 15.9 Å². The molecule has 0 heterocycles. The second kappa shape index (κ2) is 22.3. The molecule has 1 aromatic rings. The summed E-state index contributed by atoms with van der Waals surface area (Å²) in [6, 6.07) is 0.878. The largest absolute Gasteiger partial charge is 0.465 e. The molecule has 0 bridgehead atoms. The minimum Gasteiger partial charge on any atom is -0.465 e. The Morgan fingerprint density at radius 3 is 1.88 bits per heavy atom. The topological polar surface area (TPSA) is 180 Å². The quantitative estimate of drug-likeness (QED) is 0.110. The number of anilines is 1. The van der Waals surface area contributed by atoms with Crippen molar-refractivity contribution in [1.29, 1.82) is 0 Å². The number of hydrogen-bond donors (Lipinski definition) is 5. The van der Waals surface area contributed by atoms with Gasteiger partial charge in [0.05, 0.1) is 66.1 Å². The monoisotopic (exact) mass is 648 g/mol. The van der Waals surface area contributed by atoms with Gasteiger partial charge in [-0.15, -0.1) is 0 Å². The third-order valence-corrected chi connectivity index (χ3v) is 6.93. The fourth-order valence-corrected chi connectivity index (χ4v) is 4.00. The molecule has 41 heavy (non-hydrogen) atoms. The molecule has 6 N–H and O–H groups in total. The molecule has 0 fully saturated rings. The molecule has 0 aliphatic rings. The molecular weight excluding hydrogens is 604 g/mol. The van der Waals surface area contributed by atoms with Crippen molar-refractivity contribution in [3.63, 3.8) is 0 Å². The fraction of sp³-hybridized carbons (Fsp3) is 0.667. The third-order valence-electron chi connectivity index (χ3n) is 5.71. The molecule has 234 valence electrons. The van der Waals surface area contributed by atoms with Crippen molar-refractivity contribution in [2.75, 3.05) is 84.5 Å². The molecule has 1 rings (SSSR count). The van der Waals surface area contributed by atoms with Gasteiger partial charge in [-0.05, 0) is 43.9 Å². The molecule has 0 aromatic heterocycles. The summed E-state index contributed by atoms with van der Waals surface area (Å²) in [5.41, 5.74) is 8.88. The Morgan fingerprint density at radius 2 is 1.37 bits per heavy atom. The first-order chi connectivity index (χ1) is 19.7. The van der Waals surface area contributed by atoms with Gasteiger partial charge in [0.15, 0.2) is 0 Å². The van der Waals surface area contributed by atoms with E-state index >= 15 is 0 Å². The number of hydrogen-bond acceptors (Lipinski definition) is 9. The van der Waals surface area contributed by atoms with Crippen LogP contribution in [0.2, 0.25) is 0 Å². The standard InChI is InChI=1S/C27H45BrN4O9/c1-19-18-20(2)25(21(3)24(19)28)32-23(33)5-4-22(31-27(35)36)26(34)30-7-9-38-11-13-40-15-17-41-16-14-39-12-10-37-8-6-29/h18,22,31H,4-17,29H2,1-3H3,(H,30,34)(H,32,33)(H,35,36)/t22-/m0/s1. The Morgan fingerprint density at radius 1 is 0.854 bits per heavy atom. The zero-order valence-electron chi connectivity index (χ0n) is 24.2. The Bertz CT molecular complexity index is 937. The van der Waals surface area contributed by atoms with Crippen LogP contribution in [-0.2, 0) is 33.3 Å². The number of carbonyl (C=O) groups excluding carboxylic acids is 2. The van der Waals surface area contributed by atoms with Crippen LogP contribution in [0.1, 0.15) is 29.5 Å². The predicted octanol–water partition coefficient (Wildman–Crippen LogP) is 1.89. The normalized spacial score (nSPS) is 11.7. The number of aryl methyl sites for hydroxylation is 2. The van der Waals surface area contributed by atoms with Crippen LogP contribution < -0.4 is 21.7 Å². The highest BCUT2D eigenvalue weighted by atomic mass is 79.9. The van der Waals surface area contributed by atoms with Gasteiger partial charge in [-0.1, -0.05) is 22.0 Å². The molecule has 0 saturated heterocycles. The van der Waals surface area contributed by atoms with Crippen LogP contribution in [0.4, 0.5) is 10.5 Å². The van der Waals surface area contributed by atoms with Crippen LogP contribution in [0.3, 0.4) is 0 Å². The summed E-state index contributed by atoms with van der Waals surface area (Å²) in [5, 5.41) is 16.8. The van der Waals surface area contributed by atoms with Gasteiger partial charge in [-0.2, -0.15) is 0 Å². The van der Waals surface area contributed by atoms with Crippen molar-refractivity contribution in [2.45, 2.75) is 39.7 Å². The summed E-state index contributed by atoms with van der Waals surface area (Å²) in [5.74, 6) is -0.849. The van der Waals surface area contributed by atoms with E-state index in [-0.39, 0.29) is 31.9 Å². The minimum absolute atomic E-state index is 0.00119. The number of carbonyl (C=O) groups is 3. The highest BCUT2D eigenvalue weighted by Gasteiger charge is 2.22. The number of rotatable bonds is 23. The van der Waals surface area contributed by atoms with Crippen molar-refractivity contribution in [1.82, 2.24) is 10.6 Å². The molecule has 0 spiro atoms. The van der Waals surface area contributed by atoms with E-state index in [0.717, 1.165) is 21.2 Å². The van der Waals surface area contributed by atoms with Gasteiger partial charge in [0.1, 0.15) is 6.04 Å². The van der Waals surface area contributed by atoms with E-state index in [1.54, 1.807) is 0 Å². The molecular formula is C27H45BrN4O9. The molecule has 0 radical (unpaired) electrons. The number of ether oxygens (including phenoxy) is 5. The number of amides is 3. The Labute approximate surface area is 250 Å². The van der Waals surface area contributed by atoms with Crippen molar-refractivity contribution in [2.24, 2.45) is 5.73 Å². The van der Waals surface area contributed by atoms with Crippen molar-refractivity contribution in [3.05, 3.63) is 27.2 Å². The van der Waals surface area contributed by atoms with Crippen LogP contribution in [0.5, 0.6) is 0 Å². The first-order valence-corrected chi connectivity index (χ1v) is 14.4. The third kappa shape index (κ3) is 16.6. The number of nitrogens with two attached hydrogens (primary N) is 1. The first kappa shape index (κ1) is 36.7. The first-order valence-electron chi connectivity index (χ1n) is 13.6. The lowest BCUT2D eigenvalue weighted by atomic mass is 10.0. The van der Waals surface area contributed by atoms with E-state index in [0.29, 0.717) is 71.7 Å². The maximum atomic E-state index is 12.6. The predicted molar refractivity (Wildman–Crippen MR) is 157 cm³/mol. The number of halogens is 1. The number of nitrogens with one attached hydrogen (secondary N) is 3. The van der Waals surface area contributed by atoms with Crippen molar-refractivity contribution in [3.8, 4) is 0 Å². The maximum absolute atomic E-state index is 12.6. The lowest BCUT2D eigenvalue weighted by Gasteiger charge is -2.18. The van der Waals surface area contributed by atoms with E-state index in [1.165, 1.54) is 0 Å². The highest BCUT2D eigenvalue weighted by molar-refractivity contribution is 9.10. The average Bonchev–Trinajstić information content (AvgIpc) is 2.93. The summed E-state index contributed by atoms with van der Waals surface area (Å²) >= 11 is 3.52. The Kier molecular flexibility index (Phi) is 20.0. The van der Waals surface area contributed by atoms with Gasteiger partial charge in [0, 0.05) is 29.7 Å². The summed E-state index contributed by atoms with van der Waals surface area (Å²) < 4.78 is 27.7. The van der Waals surface area contributed by atoms with E-state index in [4.69, 9.17) is 34.5 Å². The average molecular weight is 650 g/mol. The van der Waals surface area contributed by atoms with Crippen LogP contribution in [0, 0.1) is 20.8 Å². The van der Waals surface area contributed by atoms with E-state index in [9.17, 15) is 14.4 Å². The van der Waals surface area contributed by atoms with Crippen molar-refractivity contribution < 1.29 is 43.2 Å². The Hall–Kier alpha value is -2.33. The van der Waals surface area contributed by atoms with Gasteiger partial charge >= 0.3 is 6.09 Å². The molecule has 0 aliphatic heterocycles. The van der Waals surface area contributed by atoms with E-state index in [2.05, 4.69) is 31.9 Å². The SMILES string of the molecule is Cc1cc(C)c(NC(=O)CC[C@H](NC(=O)O)C(=O)NCCOCCOCCOCCOCCOCCN)c(C)c1Br. The van der Waals surface area contributed by atoms with Crippen LogP contribution in [0.25, 0.3) is 0 Å². The lowest BCUT2D eigenvalue weighted by molar-refractivity contribution is -0.123. The molecule has 13 nitrogen and oxygen atoms in total. The Balaban J connectivity index is 2.18. The highest BCUT2D eigenvalue weighted by Crippen LogP contribution is 2.30. The zero-order chi connectivity index (χ0) is 30.5. The molecule has 14 heteroatoms. The minimum atomic E-state index is -1.35. The molecule has 3 amide bonds. The molecule has 0 aliphatic carbocycles. The summed E-state index contributed by atoms with van der Waals surface area (Å²) in [6.07, 6.45) is -1.39. The number of benzene rings is 1. The molecule has 1 atom stereocenters. The second-order valence-corrected chi connectivity index (χ2v) is 9.85. The van der Waals surface area contributed by atoms with E-state index < -0.39 is 18.0 Å². The summed E-state index contributed by atoms with van der Waals surface area (Å²) in [4.78, 5) is 36.3. The smallest absolute Gasteiger partial charge is 0.405 e. The number of carboxylic acid groups (broad SMARTS) is 1. The van der Waals surface area contributed by atoms with Crippen LogP contribution in [0.15, 0.2) is 10.5 Å². The summed E-state index contributed by atoms with van der Waals surface area (Å²) in [6.45, 7) is 10.7. The van der Waals surface area contributed by atoms with Crippen molar-refractivity contribution >= 4 is 39.5 Å². The summed E-state index contributed by atoms with van der Waals surface area (Å²) in [7, 11) is 0.